The highest BCUT2D eigenvalue weighted by atomic mass is 16.6. The van der Waals surface area contributed by atoms with Crippen LogP contribution in [0.4, 0.5) is 22.7 Å². The first kappa shape index (κ1) is 27.6. The molecule has 0 aromatic heterocycles. The molecule has 2 amide bonds. The van der Waals surface area contributed by atoms with Crippen LogP contribution in [0.5, 0.6) is 0 Å². The van der Waals surface area contributed by atoms with Gasteiger partial charge in [-0.25, -0.2) is 0 Å². The smallest absolute Gasteiger partial charge is 0.273 e. The molecule has 0 radical (unpaired) electrons. The van der Waals surface area contributed by atoms with Crippen molar-refractivity contribution in [2.45, 2.75) is 27.7 Å². The van der Waals surface area contributed by atoms with Gasteiger partial charge in [0, 0.05) is 45.8 Å². The number of amides is 2. The maximum absolute atomic E-state index is 12.7. The summed E-state index contributed by atoms with van der Waals surface area (Å²) < 4.78 is 0. The fourth-order valence-corrected chi connectivity index (χ4v) is 4.25. The minimum Gasteiger partial charge on any atom is -0.322 e. The van der Waals surface area contributed by atoms with E-state index in [1.54, 1.807) is 50.2 Å². The van der Waals surface area contributed by atoms with Crippen LogP contribution in [0.1, 0.15) is 43.0 Å². The van der Waals surface area contributed by atoms with E-state index in [2.05, 4.69) is 10.6 Å². The number of carbonyl (C=O) groups is 2. The molecule has 10 nitrogen and oxygen atoms in total. The molecule has 0 heterocycles. The second-order valence-corrected chi connectivity index (χ2v) is 9.48. The van der Waals surface area contributed by atoms with E-state index < -0.39 is 21.7 Å². The number of nitrogens with one attached hydrogen (secondary N) is 2. The summed E-state index contributed by atoms with van der Waals surface area (Å²) in [4.78, 5) is 46.9. The van der Waals surface area contributed by atoms with Crippen LogP contribution >= 0.6 is 0 Å². The van der Waals surface area contributed by atoms with Gasteiger partial charge < -0.3 is 10.6 Å². The summed E-state index contributed by atoms with van der Waals surface area (Å²) in [6.07, 6.45) is 0. The summed E-state index contributed by atoms with van der Waals surface area (Å²) in [6, 6.07) is 19.7. The molecular weight excluding hydrogens is 512 g/mol. The highest BCUT2D eigenvalue weighted by Gasteiger charge is 2.17. The van der Waals surface area contributed by atoms with Gasteiger partial charge in [-0.05, 0) is 86.3 Å². The van der Waals surface area contributed by atoms with E-state index in [-0.39, 0.29) is 22.5 Å². The van der Waals surface area contributed by atoms with Crippen LogP contribution in [-0.4, -0.2) is 21.7 Å². The number of anilines is 2. The summed E-state index contributed by atoms with van der Waals surface area (Å²) >= 11 is 0. The zero-order valence-electron chi connectivity index (χ0n) is 22.3. The van der Waals surface area contributed by atoms with Gasteiger partial charge in [0.2, 0.25) is 0 Å². The van der Waals surface area contributed by atoms with Crippen LogP contribution in [-0.2, 0) is 0 Å². The van der Waals surface area contributed by atoms with Gasteiger partial charge in [0.05, 0.1) is 9.85 Å². The largest absolute Gasteiger partial charge is 0.322 e. The standard InChI is InChI=1S/C30H26N4O6/c1-17-5-7-23(15-27(17)33(37)38)29(35)31-25-11-9-21(13-19(25)3)22-10-12-26(20(4)14-22)32-30(36)24-8-6-18(2)28(16-24)34(39)40/h5-16H,1-4H3,(H,31,35)(H,32,36). The van der Waals surface area contributed by atoms with Crippen molar-refractivity contribution in [2.24, 2.45) is 0 Å². The molecule has 0 spiro atoms. The monoisotopic (exact) mass is 538 g/mol. The topological polar surface area (TPSA) is 144 Å². The third kappa shape index (κ3) is 5.86. The average Bonchev–Trinajstić information content (AvgIpc) is 2.91. The quantitative estimate of drug-likeness (QED) is 0.193. The molecule has 0 fully saturated rings. The Morgan fingerprint density at radius 3 is 1.25 bits per heavy atom. The Bertz CT molecular complexity index is 1570. The van der Waals surface area contributed by atoms with Crippen LogP contribution in [0.2, 0.25) is 0 Å². The van der Waals surface area contributed by atoms with Gasteiger partial charge in [0.1, 0.15) is 0 Å². The molecule has 4 rings (SSSR count). The van der Waals surface area contributed by atoms with Gasteiger partial charge in [-0.3, -0.25) is 29.8 Å². The molecule has 202 valence electrons. The summed E-state index contributed by atoms with van der Waals surface area (Å²) in [6.45, 7) is 6.92. The lowest BCUT2D eigenvalue weighted by molar-refractivity contribution is -0.385. The number of benzene rings is 4. The zero-order chi connectivity index (χ0) is 29.1. The van der Waals surface area contributed by atoms with Gasteiger partial charge in [-0.2, -0.15) is 0 Å². The molecule has 0 unspecified atom stereocenters. The number of hydrogen-bond donors (Lipinski definition) is 2. The Morgan fingerprint density at radius 1 is 0.550 bits per heavy atom. The highest BCUT2D eigenvalue weighted by Crippen LogP contribution is 2.29. The Hall–Kier alpha value is -5.38. The normalized spacial score (nSPS) is 10.6. The van der Waals surface area contributed by atoms with E-state index in [9.17, 15) is 29.8 Å². The van der Waals surface area contributed by atoms with Gasteiger partial charge in [0.25, 0.3) is 23.2 Å². The minimum absolute atomic E-state index is 0.116. The number of nitro benzene ring substituents is 2. The summed E-state index contributed by atoms with van der Waals surface area (Å²) in [5.74, 6) is -0.900. The Balaban J connectivity index is 1.50. The van der Waals surface area contributed by atoms with Crippen molar-refractivity contribution in [1.82, 2.24) is 0 Å². The lowest BCUT2D eigenvalue weighted by Gasteiger charge is -2.13. The molecule has 10 heteroatoms. The summed E-state index contributed by atoms with van der Waals surface area (Å²) in [5, 5.41) is 28.1. The molecule has 0 saturated heterocycles. The molecule has 0 saturated carbocycles. The number of hydrogen-bond acceptors (Lipinski definition) is 6. The van der Waals surface area contributed by atoms with E-state index >= 15 is 0 Å². The SMILES string of the molecule is Cc1cc(-c2ccc(NC(=O)c3ccc(C)c([N+](=O)[O-])c3)c(C)c2)ccc1NC(=O)c1ccc(C)c([N+](=O)[O-])c1. The predicted molar refractivity (Wildman–Crippen MR) is 153 cm³/mol. The number of aryl methyl sites for hydroxylation is 4. The van der Waals surface area contributed by atoms with Gasteiger partial charge in [0.15, 0.2) is 0 Å². The highest BCUT2D eigenvalue weighted by molar-refractivity contribution is 6.06. The molecule has 2 N–H and O–H groups in total. The van der Waals surface area contributed by atoms with Gasteiger partial charge >= 0.3 is 0 Å². The van der Waals surface area contributed by atoms with Crippen LogP contribution in [0.3, 0.4) is 0 Å². The van der Waals surface area contributed by atoms with Crippen molar-refractivity contribution in [3.05, 3.63) is 126 Å². The van der Waals surface area contributed by atoms with Crippen LogP contribution in [0, 0.1) is 47.9 Å². The van der Waals surface area contributed by atoms with E-state index in [4.69, 9.17) is 0 Å². The lowest BCUT2D eigenvalue weighted by Crippen LogP contribution is -2.13. The fraction of sp³-hybridized carbons (Fsp3) is 0.133. The molecule has 0 aliphatic carbocycles. The van der Waals surface area contributed by atoms with E-state index in [1.807, 2.05) is 38.1 Å². The molecule has 4 aromatic rings. The maximum Gasteiger partial charge on any atom is 0.273 e. The van der Waals surface area contributed by atoms with Crippen molar-refractivity contribution in [3.8, 4) is 11.1 Å². The van der Waals surface area contributed by atoms with E-state index in [1.165, 1.54) is 12.1 Å². The summed E-state index contributed by atoms with van der Waals surface area (Å²) in [7, 11) is 0. The van der Waals surface area contributed by atoms with Crippen molar-refractivity contribution in [1.29, 1.82) is 0 Å². The first-order valence-corrected chi connectivity index (χ1v) is 12.3. The number of carbonyl (C=O) groups excluding carboxylic acids is 2. The molecule has 0 atom stereocenters. The first-order chi connectivity index (χ1) is 18.9. The second kappa shape index (κ2) is 11.2. The van der Waals surface area contributed by atoms with Crippen LogP contribution in [0.15, 0.2) is 72.8 Å². The van der Waals surface area contributed by atoms with Crippen LogP contribution < -0.4 is 10.6 Å². The number of nitro groups is 2. The third-order valence-electron chi connectivity index (χ3n) is 6.62. The number of nitrogens with zero attached hydrogens (tertiary/aromatic N) is 2. The predicted octanol–water partition coefficient (Wildman–Crippen LogP) is 6.91. The Labute approximate surface area is 230 Å². The van der Waals surface area contributed by atoms with Crippen molar-refractivity contribution in [2.75, 3.05) is 10.6 Å². The Kier molecular flexibility index (Phi) is 7.71. The zero-order valence-corrected chi connectivity index (χ0v) is 22.3. The molecular formula is C30H26N4O6. The summed E-state index contributed by atoms with van der Waals surface area (Å²) in [5.41, 5.74) is 5.60. The van der Waals surface area contributed by atoms with Crippen molar-refractivity contribution < 1.29 is 19.4 Å². The van der Waals surface area contributed by atoms with Gasteiger partial charge in [-0.15, -0.1) is 0 Å². The van der Waals surface area contributed by atoms with E-state index in [0.717, 1.165) is 22.3 Å². The first-order valence-electron chi connectivity index (χ1n) is 12.3. The molecule has 40 heavy (non-hydrogen) atoms. The average molecular weight is 539 g/mol. The van der Waals surface area contributed by atoms with Crippen molar-refractivity contribution >= 4 is 34.6 Å². The minimum atomic E-state index is -0.514. The van der Waals surface area contributed by atoms with Crippen LogP contribution in [0.25, 0.3) is 11.1 Å². The fourth-order valence-electron chi connectivity index (χ4n) is 4.25. The van der Waals surface area contributed by atoms with Crippen molar-refractivity contribution in [3.63, 3.8) is 0 Å². The molecule has 4 aromatic carbocycles. The van der Waals surface area contributed by atoms with E-state index in [0.29, 0.717) is 22.5 Å². The van der Waals surface area contributed by atoms with Gasteiger partial charge in [-0.1, -0.05) is 24.3 Å². The molecule has 0 aliphatic rings. The molecule has 0 bridgehead atoms. The third-order valence-corrected chi connectivity index (χ3v) is 6.62. The number of rotatable bonds is 7. The lowest BCUT2D eigenvalue weighted by atomic mass is 9.99. The second-order valence-electron chi connectivity index (χ2n) is 9.48. The molecule has 0 aliphatic heterocycles. The Morgan fingerprint density at radius 2 is 0.925 bits per heavy atom. The maximum atomic E-state index is 12.7.